The third kappa shape index (κ3) is 5.46. The van der Waals surface area contributed by atoms with Crippen LogP contribution in [-0.2, 0) is 21.4 Å². The molecular weight excluding hydrogens is 390 g/mol. The van der Waals surface area contributed by atoms with Crippen LogP contribution >= 0.6 is 0 Å². The highest BCUT2D eigenvalue weighted by Crippen LogP contribution is 2.26. The number of nitrogens with one attached hydrogen (secondary N) is 2. The minimum absolute atomic E-state index is 0.170. The van der Waals surface area contributed by atoms with E-state index in [0.717, 1.165) is 35.7 Å². The van der Waals surface area contributed by atoms with Gasteiger partial charge in [-0.15, -0.1) is 0 Å². The van der Waals surface area contributed by atoms with Crippen LogP contribution in [0, 0.1) is 13.8 Å². The van der Waals surface area contributed by atoms with Crippen LogP contribution in [0.15, 0.2) is 39.6 Å². The fourth-order valence-electron chi connectivity index (χ4n) is 3.62. The average molecular weight is 421 g/mol. The van der Waals surface area contributed by atoms with Crippen molar-refractivity contribution in [3.8, 4) is 0 Å². The van der Waals surface area contributed by atoms with Gasteiger partial charge in [-0.3, -0.25) is 4.79 Å². The van der Waals surface area contributed by atoms with Crippen molar-refractivity contribution >= 4 is 21.6 Å². The molecule has 29 heavy (non-hydrogen) atoms. The Labute approximate surface area is 172 Å². The van der Waals surface area contributed by atoms with E-state index in [0.29, 0.717) is 30.9 Å². The molecule has 8 heteroatoms. The predicted octanol–water partition coefficient (Wildman–Crippen LogP) is 1.72. The van der Waals surface area contributed by atoms with Crippen LogP contribution in [0.4, 0.5) is 5.69 Å². The minimum atomic E-state index is -3.55. The Morgan fingerprint density at radius 1 is 1.14 bits per heavy atom. The molecule has 1 atom stereocenters. The fourth-order valence-corrected chi connectivity index (χ4v) is 5.39. The summed E-state index contributed by atoms with van der Waals surface area (Å²) in [5, 5.41) is 2.83. The first kappa shape index (κ1) is 21.5. The number of nitrogens with zero attached hydrogens (tertiary/aromatic N) is 1. The van der Waals surface area contributed by atoms with Crippen LogP contribution < -0.4 is 10.2 Å². The summed E-state index contributed by atoms with van der Waals surface area (Å²) in [6, 6.07) is 8.87. The number of benzene rings is 1. The number of piperidine rings is 1. The van der Waals surface area contributed by atoms with Gasteiger partial charge in [0.05, 0.1) is 11.9 Å². The lowest BCUT2D eigenvalue weighted by atomic mass is 10.2. The summed E-state index contributed by atoms with van der Waals surface area (Å²) >= 11 is 0. The highest BCUT2D eigenvalue weighted by Gasteiger charge is 2.27. The lowest BCUT2D eigenvalue weighted by Crippen LogP contribution is -3.08. The molecule has 1 amide bonds. The number of furan rings is 1. The van der Waals surface area contributed by atoms with Crippen molar-refractivity contribution in [2.75, 3.05) is 32.0 Å². The van der Waals surface area contributed by atoms with Crippen LogP contribution in [0.2, 0.25) is 0 Å². The molecule has 1 aromatic heterocycles. The largest absolute Gasteiger partial charge is 0.460 e. The number of aryl methyl sites for hydroxylation is 2. The van der Waals surface area contributed by atoms with E-state index in [4.69, 9.17) is 4.42 Å². The van der Waals surface area contributed by atoms with E-state index in [1.54, 1.807) is 29.4 Å². The van der Waals surface area contributed by atoms with Crippen molar-refractivity contribution in [2.24, 2.45) is 0 Å². The van der Waals surface area contributed by atoms with E-state index in [-0.39, 0.29) is 17.3 Å². The topological polar surface area (TPSA) is 84.1 Å². The molecule has 2 aromatic rings. The highest BCUT2D eigenvalue weighted by molar-refractivity contribution is 7.89. The van der Waals surface area contributed by atoms with Gasteiger partial charge in [0, 0.05) is 18.8 Å². The number of hydrogen-bond donors (Lipinski definition) is 2. The Hall–Kier alpha value is -2.16. The lowest BCUT2D eigenvalue weighted by Gasteiger charge is -2.26. The van der Waals surface area contributed by atoms with E-state index in [9.17, 15) is 13.2 Å². The number of hydrogen-bond acceptors (Lipinski definition) is 4. The zero-order valence-electron chi connectivity index (χ0n) is 17.3. The van der Waals surface area contributed by atoms with Crippen molar-refractivity contribution in [2.45, 2.75) is 44.6 Å². The molecule has 1 aliphatic heterocycles. The minimum Gasteiger partial charge on any atom is -0.460 e. The molecule has 2 heterocycles. The summed E-state index contributed by atoms with van der Waals surface area (Å²) in [5.74, 6) is 1.51. The Morgan fingerprint density at radius 3 is 2.52 bits per heavy atom. The van der Waals surface area contributed by atoms with Crippen molar-refractivity contribution in [1.82, 2.24) is 4.31 Å². The smallest absolute Gasteiger partial charge is 0.279 e. The molecule has 0 bridgehead atoms. The Morgan fingerprint density at radius 2 is 1.86 bits per heavy atom. The fraction of sp³-hybridized carbons (Fsp3) is 0.476. The van der Waals surface area contributed by atoms with Crippen molar-refractivity contribution in [3.63, 3.8) is 0 Å². The normalized spacial score (nSPS) is 16.5. The first-order valence-corrected chi connectivity index (χ1v) is 11.5. The summed E-state index contributed by atoms with van der Waals surface area (Å²) in [6.45, 7) is 5.63. The second-order valence-electron chi connectivity index (χ2n) is 7.82. The van der Waals surface area contributed by atoms with Crippen molar-refractivity contribution in [1.29, 1.82) is 0 Å². The van der Waals surface area contributed by atoms with Crippen LogP contribution in [0.3, 0.4) is 0 Å². The molecule has 0 aliphatic carbocycles. The molecular formula is C21H30N3O4S+. The molecule has 158 valence electrons. The maximum Gasteiger partial charge on any atom is 0.279 e. The average Bonchev–Trinajstić information content (AvgIpc) is 3.08. The molecule has 1 aliphatic rings. The van der Waals surface area contributed by atoms with Gasteiger partial charge in [-0.25, -0.2) is 8.42 Å². The summed E-state index contributed by atoms with van der Waals surface area (Å²) in [6.07, 6.45) is 2.84. The van der Waals surface area contributed by atoms with Gasteiger partial charge in [0.2, 0.25) is 10.0 Å². The molecule has 1 aromatic carbocycles. The molecule has 3 rings (SSSR count). The number of rotatable bonds is 7. The van der Waals surface area contributed by atoms with Crippen molar-refractivity contribution < 1.29 is 22.5 Å². The molecule has 0 spiro atoms. The maximum absolute atomic E-state index is 13.0. The lowest BCUT2D eigenvalue weighted by molar-refractivity contribution is -0.886. The second kappa shape index (κ2) is 9.11. The van der Waals surface area contributed by atoms with Crippen molar-refractivity contribution in [3.05, 3.63) is 47.4 Å². The summed E-state index contributed by atoms with van der Waals surface area (Å²) < 4.78 is 33.2. The zero-order chi connectivity index (χ0) is 21.0. The van der Waals surface area contributed by atoms with Gasteiger partial charge in [-0.05, 0) is 56.5 Å². The van der Waals surface area contributed by atoms with E-state index >= 15 is 0 Å². The Kier molecular flexibility index (Phi) is 6.77. The molecule has 1 saturated heterocycles. The number of anilines is 1. The molecule has 0 saturated carbocycles. The summed E-state index contributed by atoms with van der Waals surface area (Å²) in [5.41, 5.74) is 1.18. The number of sulfonamides is 1. The zero-order valence-corrected chi connectivity index (χ0v) is 18.1. The molecule has 1 fully saturated rings. The number of amides is 1. The third-order valence-electron chi connectivity index (χ3n) is 5.14. The second-order valence-corrected chi connectivity index (χ2v) is 9.72. The number of carbonyl (C=O) groups is 1. The van der Waals surface area contributed by atoms with Gasteiger partial charge in [0.25, 0.3) is 5.91 Å². The SMILES string of the molecule is Cc1ccc(C[NH+](C)CC(=O)Nc2ccc(C)c(S(=O)(=O)N3CCCCC3)c2)o1. The Bertz CT molecular complexity index is 962. The standard InChI is InChI=1S/C21H29N3O4S/c1-16-7-9-18(13-20(16)29(26,27)24-11-5-4-6-12-24)22-21(25)15-23(3)14-19-10-8-17(2)28-19/h7-10,13H,4-6,11-12,14-15H2,1-3H3,(H,22,25)/p+1. The molecule has 0 radical (unpaired) electrons. The maximum atomic E-state index is 13.0. The van der Waals surface area contributed by atoms with Gasteiger partial charge in [0.15, 0.2) is 12.3 Å². The predicted molar refractivity (Wildman–Crippen MR) is 111 cm³/mol. The van der Waals surface area contributed by atoms with Crippen LogP contribution in [0.1, 0.15) is 36.3 Å². The monoisotopic (exact) mass is 420 g/mol. The number of likely N-dealkylation sites (N-methyl/N-ethyl adjacent to an activating group) is 1. The van der Waals surface area contributed by atoms with Gasteiger partial charge in [0.1, 0.15) is 12.3 Å². The van der Waals surface area contributed by atoms with E-state index < -0.39 is 10.0 Å². The quantitative estimate of drug-likeness (QED) is 0.715. The molecule has 2 N–H and O–H groups in total. The van der Waals surface area contributed by atoms with Gasteiger partial charge >= 0.3 is 0 Å². The summed E-state index contributed by atoms with van der Waals surface area (Å²) in [7, 11) is -1.63. The van der Waals surface area contributed by atoms with Crippen LogP contribution in [0.5, 0.6) is 0 Å². The Balaban J connectivity index is 1.66. The third-order valence-corrected chi connectivity index (χ3v) is 7.18. The highest BCUT2D eigenvalue weighted by atomic mass is 32.2. The van der Waals surface area contributed by atoms with Crippen LogP contribution in [-0.4, -0.2) is 45.3 Å². The first-order valence-electron chi connectivity index (χ1n) is 10.0. The molecule has 7 nitrogen and oxygen atoms in total. The number of carbonyl (C=O) groups excluding carboxylic acids is 1. The van der Waals surface area contributed by atoms with E-state index in [1.165, 1.54) is 0 Å². The number of quaternary nitrogens is 1. The molecule has 1 unspecified atom stereocenters. The first-order chi connectivity index (χ1) is 13.8. The van der Waals surface area contributed by atoms with E-state index in [1.807, 2.05) is 26.1 Å². The summed E-state index contributed by atoms with van der Waals surface area (Å²) in [4.78, 5) is 13.7. The van der Waals surface area contributed by atoms with Gasteiger partial charge < -0.3 is 14.6 Å². The van der Waals surface area contributed by atoms with Gasteiger partial charge in [-0.1, -0.05) is 12.5 Å². The van der Waals surface area contributed by atoms with Gasteiger partial charge in [-0.2, -0.15) is 4.31 Å². The van der Waals surface area contributed by atoms with E-state index in [2.05, 4.69) is 5.32 Å². The van der Waals surface area contributed by atoms with Crippen LogP contribution in [0.25, 0.3) is 0 Å².